The minimum absolute atomic E-state index is 0.00126. The van der Waals surface area contributed by atoms with Crippen LogP contribution in [0.5, 0.6) is 0 Å². The molecule has 0 aromatic heterocycles. The number of rotatable bonds is 4. The van der Waals surface area contributed by atoms with Gasteiger partial charge in [0.15, 0.2) is 0 Å². The molecule has 0 aliphatic heterocycles. The van der Waals surface area contributed by atoms with Crippen LogP contribution >= 0.6 is 0 Å². The van der Waals surface area contributed by atoms with Crippen LogP contribution < -0.4 is 0 Å². The molecule has 0 aromatic carbocycles. The molecule has 0 radical (unpaired) electrons. The fraction of sp³-hybridized carbons (Fsp3) is 0.875. The zero-order valence-corrected chi connectivity index (χ0v) is 9.02. The van der Waals surface area contributed by atoms with Crippen molar-refractivity contribution in [2.45, 2.75) is 24.9 Å². The van der Waals surface area contributed by atoms with E-state index in [0.717, 1.165) is 0 Å². The first-order valence-corrected chi connectivity index (χ1v) is 4.42. The quantitative estimate of drug-likeness (QED) is 0.576. The van der Waals surface area contributed by atoms with Gasteiger partial charge in [-0.2, -0.15) is 26.3 Å². The van der Waals surface area contributed by atoms with Gasteiger partial charge in [0.2, 0.25) is 0 Å². The molecule has 0 aliphatic carbocycles. The van der Waals surface area contributed by atoms with E-state index in [9.17, 15) is 31.1 Å². The smallest absolute Gasteiger partial charge is 0.434 e. The molecule has 0 bridgehead atoms. The number of hydrogen-bond donors (Lipinski definition) is 0. The molecule has 0 unspecified atom stereocenters. The molecule has 0 saturated carbocycles. The van der Waals surface area contributed by atoms with Crippen LogP contribution in [-0.2, 0) is 9.53 Å². The Morgan fingerprint density at radius 1 is 1.12 bits per heavy atom. The summed E-state index contributed by atoms with van der Waals surface area (Å²) >= 11 is 0. The van der Waals surface area contributed by atoms with Crippen LogP contribution in [0.3, 0.4) is 0 Å². The van der Waals surface area contributed by atoms with Crippen LogP contribution in [0, 0.1) is 0 Å². The summed E-state index contributed by atoms with van der Waals surface area (Å²) in [6, 6.07) is 0. The highest BCUT2D eigenvalue weighted by Crippen LogP contribution is 2.35. The van der Waals surface area contributed by atoms with E-state index < -0.39 is 30.8 Å². The van der Waals surface area contributed by atoms with Gasteiger partial charge in [0.1, 0.15) is 0 Å². The van der Waals surface area contributed by atoms with E-state index in [0.29, 0.717) is 0 Å². The van der Waals surface area contributed by atoms with Gasteiger partial charge >= 0.3 is 18.3 Å². The standard InChI is InChI=1S/C8H11F6NO2/c1-15(2)4-3-5(16)17-6(7(9,10)11)8(12,13)14/h6H,3-4H2,1-2H3. The maximum atomic E-state index is 12.0. The Hall–Kier alpha value is -0.990. The van der Waals surface area contributed by atoms with Crippen LogP contribution in [0.1, 0.15) is 6.42 Å². The lowest BCUT2D eigenvalue weighted by Crippen LogP contribution is -2.45. The lowest BCUT2D eigenvalue weighted by atomic mass is 10.3. The Balaban J connectivity index is 4.52. The molecule has 0 heterocycles. The molecule has 0 spiro atoms. The first-order valence-electron chi connectivity index (χ1n) is 4.42. The highest BCUT2D eigenvalue weighted by molar-refractivity contribution is 5.69. The minimum atomic E-state index is -5.66. The third kappa shape index (κ3) is 6.35. The van der Waals surface area contributed by atoms with Gasteiger partial charge in [-0.05, 0) is 14.1 Å². The third-order valence-corrected chi connectivity index (χ3v) is 1.61. The summed E-state index contributed by atoms with van der Waals surface area (Å²) in [5, 5.41) is 0. The van der Waals surface area contributed by atoms with Gasteiger partial charge in [0.05, 0.1) is 6.42 Å². The number of carbonyl (C=O) groups excluding carboxylic acids is 1. The van der Waals surface area contributed by atoms with Gasteiger partial charge in [-0.15, -0.1) is 0 Å². The molecular formula is C8H11F6NO2. The van der Waals surface area contributed by atoms with Gasteiger partial charge in [-0.25, -0.2) is 0 Å². The zero-order chi connectivity index (χ0) is 13.9. The number of halogens is 6. The molecule has 3 nitrogen and oxygen atoms in total. The zero-order valence-electron chi connectivity index (χ0n) is 9.02. The average Bonchev–Trinajstić information content (AvgIpc) is 2.07. The number of ether oxygens (including phenoxy) is 1. The number of alkyl halides is 6. The van der Waals surface area contributed by atoms with Crippen molar-refractivity contribution in [1.82, 2.24) is 4.90 Å². The summed E-state index contributed by atoms with van der Waals surface area (Å²) in [5.74, 6) is -1.54. The summed E-state index contributed by atoms with van der Waals surface area (Å²) in [6.45, 7) is 0.00126. The first kappa shape index (κ1) is 16.0. The predicted molar refractivity (Wildman–Crippen MR) is 45.2 cm³/mol. The average molecular weight is 267 g/mol. The highest BCUT2D eigenvalue weighted by Gasteiger charge is 2.59. The monoisotopic (exact) mass is 267 g/mol. The molecule has 0 saturated heterocycles. The molecule has 9 heteroatoms. The molecule has 0 aromatic rings. The first-order chi connectivity index (χ1) is 7.44. The van der Waals surface area contributed by atoms with Crippen LogP contribution in [-0.4, -0.2) is 50.0 Å². The van der Waals surface area contributed by atoms with Gasteiger partial charge in [0, 0.05) is 6.54 Å². The highest BCUT2D eigenvalue weighted by atomic mass is 19.4. The lowest BCUT2D eigenvalue weighted by Gasteiger charge is -2.23. The van der Waals surface area contributed by atoms with Crippen molar-refractivity contribution in [3.8, 4) is 0 Å². The number of nitrogens with zero attached hydrogens (tertiary/aromatic N) is 1. The summed E-state index contributed by atoms with van der Waals surface area (Å²) < 4.78 is 75.2. The van der Waals surface area contributed by atoms with E-state index in [1.54, 1.807) is 0 Å². The Morgan fingerprint density at radius 2 is 1.53 bits per heavy atom. The molecule has 0 amide bonds. The van der Waals surface area contributed by atoms with Crippen molar-refractivity contribution in [3.63, 3.8) is 0 Å². The fourth-order valence-corrected chi connectivity index (χ4v) is 0.824. The van der Waals surface area contributed by atoms with E-state index in [1.165, 1.54) is 19.0 Å². The van der Waals surface area contributed by atoms with Crippen molar-refractivity contribution < 1.29 is 35.9 Å². The number of carbonyl (C=O) groups is 1. The largest absolute Gasteiger partial charge is 0.443 e. The molecular weight excluding hydrogens is 256 g/mol. The van der Waals surface area contributed by atoms with Gasteiger partial charge in [0.25, 0.3) is 6.10 Å². The lowest BCUT2D eigenvalue weighted by molar-refractivity contribution is -0.313. The second-order valence-corrected chi connectivity index (χ2v) is 3.51. The van der Waals surface area contributed by atoms with E-state index in [1.807, 2.05) is 0 Å². The second-order valence-electron chi connectivity index (χ2n) is 3.51. The summed E-state index contributed by atoms with van der Waals surface area (Å²) in [6.07, 6.45) is -15.9. The normalized spacial score (nSPS) is 13.3. The van der Waals surface area contributed by atoms with E-state index in [4.69, 9.17) is 0 Å². The van der Waals surface area contributed by atoms with Crippen LogP contribution in [0.15, 0.2) is 0 Å². The molecule has 0 fully saturated rings. The van der Waals surface area contributed by atoms with Crippen molar-refractivity contribution in [3.05, 3.63) is 0 Å². The van der Waals surface area contributed by atoms with E-state index in [-0.39, 0.29) is 6.54 Å². The van der Waals surface area contributed by atoms with Crippen molar-refractivity contribution >= 4 is 5.97 Å². The van der Waals surface area contributed by atoms with Gasteiger partial charge < -0.3 is 9.64 Å². The molecule has 0 aliphatic rings. The fourth-order valence-electron chi connectivity index (χ4n) is 0.824. The Labute approximate surface area is 93.3 Å². The Bertz CT molecular complexity index is 246. The van der Waals surface area contributed by atoms with Crippen molar-refractivity contribution in [1.29, 1.82) is 0 Å². The second kappa shape index (κ2) is 5.56. The van der Waals surface area contributed by atoms with Crippen molar-refractivity contribution in [2.75, 3.05) is 20.6 Å². The molecule has 0 N–H and O–H groups in total. The summed E-state index contributed by atoms with van der Waals surface area (Å²) in [5.41, 5.74) is 0. The van der Waals surface area contributed by atoms with Gasteiger partial charge in [-0.1, -0.05) is 0 Å². The SMILES string of the molecule is CN(C)CCC(=O)OC(C(F)(F)F)C(F)(F)F. The third-order valence-electron chi connectivity index (χ3n) is 1.61. The minimum Gasteiger partial charge on any atom is -0.443 e. The number of esters is 1. The predicted octanol–water partition coefficient (Wildman–Crippen LogP) is 1.97. The number of hydrogen-bond acceptors (Lipinski definition) is 3. The molecule has 0 rings (SSSR count). The van der Waals surface area contributed by atoms with Gasteiger partial charge in [-0.3, -0.25) is 4.79 Å². The van der Waals surface area contributed by atoms with Crippen LogP contribution in [0.2, 0.25) is 0 Å². The molecule has 17 heavy (non-hydrogen) atoms. The van der Waals surface area contributed by atoms with Crippen LogP contribution in [0.25, 0.3) is 0 Å². The topological polar surface area (TPSA) is 29.5 Å². The molecule has 102 valence electrons. The molecule has 0 atom stereocenters. The van der Waals surface area contributed by atoms with Crippen LogP contribution in [0.4, 0.5) is 26.3 Å². The summed E-state index contributed by atoms with van der Waals surface area (Å²) in [4.78, 5) is 12.2. The summed E-state index contributed by atoms with van der Waals surface area (Å²) in [7, 11) is 3.02. The Morgan fingerprint density at radius 3 is 1.82 bits per heavy atom. The maximum absolute atomic E-state index is 12.0. The maximum Gasteiger partial charge on any atom is 0.434 e. The van der Waals surface area contributed by atoms with E-state index in [2.05, 4.69) is 4.74 Å². The Kier molecular flexibility index (Phi) is 5.24. The van der Waals surface area contributed by atoms with Crippen molar-refractivity contribution in [2.24, 2.45) is 0 Å². The van der Waals surface area contributed by atoms with E-state index >= 15 is 0 Å².